The maximum absolute atomic E-state index is 12.9. The molecule has 2 unspecified atom stereocenters. The predicted octanol–water partition coefficient (Wildman–Crippen LogP) is 19.8. The van der Waals surface area contributed by atoms with E-state index >= 15 is 0 Å². The second kappa shape index (κ2) is 61.5. The lowest BCUT2D eigenvalue weighted by molar-refractivity contribution is -0.870. The van der Waals surface area contributed by atoms with Gasteiger partial charge in [0.1, 0.15) is 13.2 Å². The molecule has 0 aromatic rings. The highest BCUT2D eigenvalue weighted by atomic mass is 16.7. The van der Waals surface area contributed by atoms with Crippen LogP contribution in [0.5, 0.6) is 0 Å². The summed E-state index contributed by atoms with van der Waals surface area (Å²) in [5.74, 6) is -2.02. The van der Waals surface area contributed by atoms with Crippen LogP contribution in [0, 0.1) is 0 Å². The van der Waals surface area contributed by atoms with Crippen LogP contribution in [0.25, 0.3) is 0 Å². The van der Waals surface area contributed by atoms with Gasteiger partial charge in [0.25, 0.3) is 6.29 Å². The first kappa shape index (κ1) is 76.4. The molecule has 460 valence electrons. The minimum atomic E-state index is -1.52. The molecule has 0 aliphatic carbocycles. The number of carboxylic acid groups (broad SMARTS) is 1. The van der Waals surface area contributed by atoms with Gasteiger partial charge in [-0.3, -0.25) is 9.59 Å². The quantitative estimate of drug-likeness (QED) is 0.0211. The summed E-state index contributed by atoms with van der Waals surface area (Å²) in [6, 6.07) is 0. The Morgan fingerprint density at radius 3 is 1.05 bits per heavy atom. The van der Waals surface area contributed by atoms with Gasteiger partial charge in [0.2, 0.25) is 0 Å². The second-order valence-corrected chi connectivity index (χ2v) is 22.3. The summed E-state index contributed by atoms with van der Waals surface area (Å²) in [7, 11) is 5.96. The van der Waals surface area contributed by atoms with Crippen LogP contribution in [0.2, 0.25) is 0 Å². The SMILES string of the molecule is CC/C=C\C/C=C\C/C=C\C/C=C\C/C=C\C/C=C\C/C=C\C/C=C\C/C=C\C/C=C\C/C=C\CCCCCCCCCC(=O)OC(COC(=O)CCCCCCCCCCCCCCCCC)COC(OCC[N+](C)(C)C)C(=O)O. The fourth-order valence-electron chi connectivity index (χ4n) is 8.49. The van der Waals surface area contributed by atoms with Gasteiger partial charge in [0.15, 0.2) is 6.10 Å². The lowest BCUT2D eigenvalue weighted by Gasteiger charge is -2.25. The zero-order valence-corrected chi connectivity index (χ0v) is 52.4. The highest BCUT2D eigenvalue weighted by molar-refractivity contribution is 5.71. The number of carbonyl (C=O) groups is 3. The smallest absolute Gasteiger partial charge is 0.361 e. The van der Waals surface area contributed by atoms with E-state index in [2.05, 4.69) is 148 Å². The summed E-state index contributed by atoms with van der Waals surface area (Å²) in [4.78, 5) is 37.4. The van der Waals surface area contributed by atoms with Crippen molar-refractivity contribution < 1.29 is 42.9 Å². The van der Waals surface area contributed by atoms with Crippen molar-refractivity contribution in [2.45, 2.75) is 257 Å². The topological polar surface area (TPSA) is 108 Å². The molecule has 0 saturated carbocycles. The van der Waals surface area contributed by atoms with Crippen molar-refractivity contribution in [2.75, 3.05) is 47.5 Å². The van der Waals surface area contributed by atoms with Crippen LogP contribution in [0.3, 0.4) is 0 Å². The number of hydrogen-bond acceptors (Lipinski definition) is 7. The highest BCUT2D eigenvalue weighted by Gasteiger charge is 2.25. The molecular formula is C72H120NO8+. The lowest BCUT2D eigenvalue weighted by atomic mass is 10.0. The number of allylic oxidation sites excluding steroid dienone is 22. The van der Waals surface area contributed by atoms with Gasteiger partial charge < -0.3 is 28.5 Å². The maximum atomic E-state index is 12.9. The third-order valence-corrected chi connectivity index (χ3v) is 13.4. The van der Waals surface area contributed by atoms with Crippen LogP contribution < -0.4 is 0 Å². The Morgan fingerprint density at radius 2 is 0.704 bits per heavy atom. The summed E-state index contributed by atoms with van der Waals surface area (Å²) >= 11 is 0. The van der Waals surface area contributed by atoms with Crippen molar-refractivity contribution in [3.05, 3.63) is 134 Å². The van der Waals surface area contributed by atoms with Crippen molar-refractivity contribution in [1.82, 2.24) is 0 Å². The first-order valence-corrected chi connectivity index (χ1v) is 32.3. The molecule has 0 aromatic heterocycles. The van der Waals surface area contributed by atoms with Crippen LogP contribution in [0.4, 0.5) is 0 Å². The standard InChI is InChI=1S/C72H119NO8/c1-6-8-10-12-14-16-18-20-22-23-24-25-26-27-28-29-30-31-32-33-34-35-36-37-38-39-40-41-42-43-44-45-46-47-49-51-53-55-57-59-61-63-70(75)81-68(67-80-72(71(76)77)78-65-64-73(3,4)5)66-79-69(74)62-60-58-56-54-52-50-48-21-19-17-15-13-11-9-7-2/h8,10,14,16,20,22,24-25,27-28,30-31,33-34,36-37,39-40,42-43,45-46,68,72H,6-7,9,11-13,15,17-19,21,23,26,29,32,35,38,41,44,47-67H2,1-5H3/p+1/b10-8-,16-14-,22-20-,25-24-,28-27-,31-30-,34-33-,37-36-,40-39-,43-42-,46-45-. The summed E-state index contributed by atoms with van der Waals surface area (Å²) in [5, 5.41) is 9.71. The number of ether oxygens (including phenoxy) is 4. The Hall–Kier alpha value is -4.57. The fourth-order valence-corrected chi connectivity index (χ4v) is 8.49. The number of carboxylic acids is 1. The third-order valence-electron chi connectivity index (χ3n) is 13.4. The number of hydrogen-bond donors (Lipinski definition) is 1. The molecule has 81 heavy (non-hydrogen) atoms. The fraction of sp³-hybridized carbons (Fsp3) is 0.653. The van der Waals surface area contributed by atoms with E-state index in [1.165, 1.54) is 96.3 Å². The van der Waals surface area contributed by atoms with E-state index in [9.17, 15) is 19.5 Å². The number of esters is 2. The van der Waals surface area contributed by atoms with Gasteiger partial charge in [-0.1, -0.05) is 270 Å². The number of likely N-dealkylation sites (N-methyl/N-ethyl adjacent to an activating group) is 1. The number of carbonyl (C=O) groups excluding carboxylic acids is 2. The molecule has 0 amide bonds. The van der Waals surface area contributed by atoms with Crippen LogP contribution in [0.1, 0.15) is 245 Å². The average Bonchev–Trinajstić information content (AvgIpc) is 3.44. The van der Waals surface area contributed by atoms with E-state index in [1.54, 1.807) is 0 Å². The molecule has 9 nitrogen and oxygen atoms in total. The van der Waals surface area contributed by atoms with E-state index in [0.717, 1.165) is 116 Å². The van der Waals surface area contributed by atoms with Gasteiger partial charge in [-0.15, -0.1) is 0 Å². The Kier molecular flexibility index (Phi) is 58.0. The number of aliphatic carboxylic acids is 1. The molecule has 1 N–H and O–H groups in total. The van der Waals surface area contributed by atoms with Crippen molar-refractivity contribution in [3.8, 4) is 0 Å². The predicted molar refractivity (Wildman–Crippen MR) is 345 cm³/mol. The largest absolute Gasteiger partial charge is 0.477 e. The van der Waals surface area contributed by atoms with E-state index in [4.69, 9.17) is 18.9 Å². The highest BCUT2D eigenvalue weighted by Crippen LogP contribution is 2.16. The van der Waals surface area contributed by atoms with E-state index in [0.29, 0.717) is 23.9 Å². The van der Waals surface area contributed by atoms with E-state index in [-0.39, 0.29) is 32.2 Å². The molecule has 0 aromatic carbocycles. The van der Waals surface area contributed by atoms with Gasteiger partial charge in [-0.25, -0.2) is 4.79 Å². The first-order chi connectivity index (χ1) is 39.6. The molecule has 0 saturated heterocycles. The molecule has 0 rings (SSSR count). The van der Waals surface area contributed by atoms with Gasteiger partial charge >= 0.3 is 17.9 Å². The Labute approximate surface area is 497 Å². The molecule has 0 bridgehead atoms. The van der Waals surface area contributed by atoms with Crippen LogP contribution in [0.15, 0.2) is 134 Å². The van der Waals surface area contributed by atoms with E-state index in [1.807, 2.05) is 21.1 Å². The molecular weight excluding hydrogens is 1010 g/mol. The Balaban J connectivity index is 4.17. The molecule has 2 atom stereocenters. The van der Waals surface area contributed by atoms with Crippen LogP contribution in [-0.4, -0.2) is 87.4 Å². The minimum absolute atomic E-state index is 0.181. The van der Waals surface area contributed by atoms with Crippen LogP contribution >= 0.6 is 0 Å². The number of rotatable bonds is 58. The summed E-state index contributed by atoms with van der Waals surface area (Å²) < 4.78 is 22.9. The van der Waals surface area contributed by atoms with Gasteiger partial charge in [0.05, 0.1) is 34.4 Å². The van der Waals surface area contributed by atoms with Gasteiger partial charge in [0, 0.05) is 12.8 Å². The summed E-state index contributed by atoms with van der Waals surface area (Å²) in [6.07, 6.45) is 85.5. The molecule has 0 fully saturated rings. The maximum Gasteiger partial charge on any atom is 0.361 e. The molecule has 0 aliphatic rings. The molecule has 0 aliphatic heterocycles. The molecule has 0 heterocycles. The number of quaternary nitrogens is 1. The van der Waals surface area contributed by atoms with Gasteiger partial charge in [-0.2, -0.15) is 0 Å². The average molecular weight is 1130 g/mol. The van der Waals surface area contributed by atoms with Crippen molar-refractivity contribution in [1.29, 1.82) is 0 Å². The first-order valence-electron chi connectivity index (χ1n) is 32.3. The zero-order valence-electron chi connectivity index (χ0n) is 52.4. The lowest BCUT2D eigenvalue weighted by Crippen LogP contribution is -2.40. The normalized spacial score (nSPS) is 13.6. The number of nitrogens with zero attached hydrogens (tertiary/aromatic N) is 1. The zero-order chi connectivity index (χ0) is 59.1. The van der Waals surface area contributed by atoms with E-state index < -0.39 is 24.3 Å². The Morgan fingerprint density at radius 1 is 0.383 bits per heavy atom. The second-order valence-electron chi connectivity index (χ2n) is 22.3. The van der Waals surface area contributed by atoms with Crippen molar-refractivity contribution in [3.63, 3.8) is 0 Å². The van der Waals surface area contributed by atoms with Gasteiger partial charge in [-0.05, 0) is 96.3 Å². The summed E-state index contributed by atoms with van der Waals surface area (Å²) in [5.41, 5.74) is 0. The number of unbranched alkanes of at least 4 members (excludes halogenated alkanes) is 21. The molecule has 0 spiro atoms. The molecule has 9 heteroatoms. The third kappa shape index (κ3) is 62.9. The van der Waals surface area contributed by atoms with Crippen molar-refractivity contribution >= 4 is 17.9 Å². The minimum Gasteiger partial charge on any atom is -0.477 e. The monoisotopic (exact) mass is 1130 g/mol. The Bertz CT molecular complexity index is 1790. The van der Waals surface area contributed by atoms with Crippen LogP contribution in [-0.2, 0) is 33.3 Å². The van der Waals surface area contributed by atoms with Crippen molar-refractivity contribution in [2.24, 2.45) is 0 Å². The molecule has 0 radical (unpaired) electrons. The summed E-state index contributed by atoms with van der Waals surface area (Å²) in [6.45, 7) is 4.75.